The summed E-state index contributed by atoms with van der Waals surface area (Å²) < 4.78 is 12.9. The molecule has 8 nitrogen and oxygen atoms in total. The molecule has 0 saturated heterocycles. The van der Waals surface area contributed by atoms with E-state index in [1.807, 2.05) is 56.3 Å². The molecule has 4 rings (SSSR count). The Morgan fingerprint density at radius 2 is 1.91 bits per heavy atom. The third-order valence-corrected chi connectivity index (χ3v) is 6.60. The number of rotatable bonds is 8. The maximum Gasteiger partial charge on any atom is 0.255 e. The molecular formula is C25H29N5O3S. The van der Waals surface area contributed by atoms with Gasteiger partial charge in [-0.3, -0.25) is 4.79 Å². The Morgan fingerprint density at radius 3 is 2.59 bits per heavy atom. The SMILES string of the molecule is CCCSc1nc2n(n1)C(c1cc(OC)ccc1OC)C(C(=O)Nc1ccc(C)cc1)=C(C)N2. The van der Waals surface area contributed by atoms with Crippen LogP contribution in [0, 0.1) is 6.92 Å². The van der Waals surface area contributed by atoms with E-state index in [0.29, 0.717) is 33.9 Å². The van der Waals surface area contributed by atoms with Crippen molar-refractivity contribution in [2.24, 2.45) is 0 Å². The molecule has 1 atom stereocenters. The van der Waals surface area contributed by atoms with Gasteiger partial charge >= 0.3 is 0 Å². The van der Waals surface area contributed by atoms with Crippen LogP contribution in [0.4, 0.5) is 11.6 Å². The molecule has 2 heterocycles. The molecular weight excluding hydrogens is 450 g/mol. The molecule has 1 amide bonds. The van der Waals surface area contributed by atoms with Crippen LogP contribution in [-0.2, 0) is 4.79 Å². The van der Waals surface area contributed by atoms with Gasteiger partial charge in [-0.15, -0.1) is 5.10 Å². The average molecular weight is 480 g/mol. The number of thioether (sulfide) groups is 1. The number of benzene rings is 2. The van der Waals surface area contributed by atoms with Crippen LogP contribution >= 0.6 is 11.8 Å². The van der Waals surface area contributed by atoms with Crippen LogP contribution in [0.25, 0.3) is 0 Å². The summed E-state index contributed by atoms with van der Waals surface area (Å²) in [6, 6.07) is 12.7. The zero-order valence-electron chi connectivity index (χ0n) is 20.0. The highest BCUT2D eigenvalue weighted by atomic mass is 32.2. The first-order valence-corrected chi connectivity index (χ1v) is 12.1. The number of ether oxygens (including phenoxy) is 2. The Kier molecular flexibility index (Phi) is 7.12. The van der Waals surface area contributed by atoms with Gasteiger partial charge in [0.25, 0.3) is 5.91 Å². The molecule has 0 fully saturated rings. The van der Waals surface area contributed by atoms with Gasteiger partial charge in [-0.1, -0.05) is 36.4 Å². The van der Waals surface area contributed by atoms with Gasteiger partial charge in [0, 0.05) is 22.7 Å². The van der Waals surface area contributed by atoms with Crippen LogP contribution in [-0.4, -0.2) is 40.6 Å². The number of carbonyl (C=O) groups excluding carboxylic acids is 1. The standard InChI is InChI=1S/C25H29N5O3S/c1-6-13-34-25-28-24-26-16(3)21(23(31)27-17-9-7-15(2)8-10-17)22(30(24)29-25)19-14-18(32-4)11-12-20(19)33-5/h7-12,14,22H,6,13H2,1-5H3,(H,27,31)(H,26,28,29). The lowest BCUT2D eigenvalue weighted by Crippen LogP contribution is -2.31. The minimum Gasteiger partial charge on any atom is -0.497 e. The third-order valence-electron chi connectivity index (χ3n) is 5.55. The smallest absolute Gasteiger partial charge is 0.255 e. The number of hydrogen-bond acceptors (Lipinski definition) is 7. The van der Waals surface area contributed by atoms with Crippen LogP contribution in [0.2, 0.25) is 0 Å². The van der Waals surface area contributed by atoms with E-state index in [-0.39, 0.29) is 5.91 Å². The van der Waals surface area contributed by atoms with Crippen molar-refractivity contribution in [2.45, 2.75) is 38.4 Å². The molecule has 34 heavy (non-hydrogen) atoms. The van der Waals surface area contributed by atoms with Crippen molar-refractivity contribution in [2.75, 3.05) is 30.6 Å². The normalized spacial score (nSPS) is 14.9. The lowest BCUT2D eigenvalue weighted by atomic mass is 9.94. The quantitative estimate of drug-likeness (QED) is 0.438. The molecule has 2 N–H and O–H groups in total. The second-order valence-electron chi connectivity index (χ2n) is 8.01. The number of anilines is 2. The molecule has 3 aromatic rings. The van der Waals surface area contributed by atoms with Gasteiger partial charge < -0.3 is 20.1 Å². The van der Waals surface area contributed by atoms with E-state index in [1.165, 1.54) is 0 Å². The third kappa shape index (κ3) is 4.75. The summed E-state index contributed by atoms with van der Waals surface area (Å²) in [6.45, 7) is 6.00. The Hall–Kier alpha value is -3.46. The zero-order valence-corrected chi connectivity index (χ0v) is 20.8. The van der Waals surface area contributed by atoms with E-state index in [0.717, 1.165) is 29.0 Å². The average Bonchev–Trinajstić information content (AvgIpc) is 3.25. The molecule has 1 aliphatic rings. The fourth-order valence-electron chi connectivity index (χ4n) is 3.86. The molecule has 178 valence electrons. The van der Waals surface area contributed by atoms with Crippen molar-refractivity contribution >= 4 is 29.3 Å². The predicted octanol–water partition coefficient (Wildman–Crippen LogP) is 5.03. The van der Waals surface area contributed by atoms with E-state index in [9.17, 15) is 4.79 Å². The molecule has 2 aromatic carbocycles. The number of aryl methyl sites for hydroxylation is 1. The van der Waals surface area contributed by atoms with Crippen molar-refractivity contribution in [3.05, 3.63) is 64.9 Å². The van der Waals surface area contributed by atoms with E-state index in [2.05, 4.69) is 22.5 Å². The number of hydrogen-bond donors (Lipinski definition) is 2. The fourth-order valence-corrected chi connectivity index (χ4v) is 4.54. The molecule has 1 unspecified atom stereocenters. The molecule has 1 aromatic heterocycles. The number of aromatic nitrogens is 3. The van der Waals surface area contributed by atoms with Gasteiger partial charge in [0.1, 0.15) is 17.5 Å². The molecule has 0 bridgehead atoms. The van der Waals surface area contributed by atoms with Crippen molar-refractivity contribution in [3.8, 4) is 11.5 Å². The monoisotopic (exact) mass is 479 g/mol. The summed E-state index contributed by atoms with van der Waals surface area (Å²) in [7, 11) is 3.22. The Morgan fingerprint density at radius 1 is 1.15 bits per heavy atom. The second-order valence-corrected chi connectivity index (χ2v) is 9.07. The minimum atomic E-state index is -0.560. The van der Waals surface area contributed by atoms with Crippen LogP contribution in [0.1, 0.15) is 37.4 Å². The predicted molar refractivity (Wildman–Crippen MR) is 135 cm³/mol. The first-order chi connectivity index (χ1) is 16.4. The Labute approximate surface area is 203 Å². The van der Waals surface area contributed by atoms with Crippen LogP contribution in [0.3, 0.4) is 0 Å². The summed E-state index contributed by atoms with van der Waals surface area (Å²) in [5.74, 6) is 2.55. The largest absolute Gasteiger partial charge is 0.497 e. The molecule has 0 saturated carbocycles. The van der Waals surface area contributed by atoms with Crippen molar-refractivity contribution in [1.82, 2.24) is 14.8 Å². The number of allylic oxidation sites excluding steroid dienone is 1. The number of amides is 1. The lowest BCUT2D eigenvalue weighted by Gasteiger charge is -2.29. The highest BCUT2D eigenvalue weighted by molar-refractivity contribution is 7.99. The Balaban J connectivity index is 1.82. The maximum absolute atomic E-state index is 13.6. The number of nitrogens with zero attached hydrogens (tertiary/aromatic N) is 3. The number of carbonyl (C=O) groups is 1. The Bertz CT molecular complexity index is 1220. The second kappa shape index (κ2) is 10.2. The van der Waals surface area contributed by atoms with E-state index in [4.69, 9.17) is 14.6 Å². The van der Waals surface area contributed by atoms with Crippen LogP contribution in [0.5, 0.6) is 11.5 Å². The highest BCUT2D eigenvalue weighted by Crippen LogP contribution is 2.41. The molecule has 0 aliphatic carbocycles. The number of methoxy groups -OCH3 is 2. The lowest BCUT2D eigenvalue weighted by molar-refractivity contribution is -0.113. The van der Waals surface area contributed by atoms with Gasteiger partial charge in [0.15, 0.2) is 0 Å². The van der Waals surface area contributed by atoms with Gasteiger partial charge in [0.2, 0.25) is 11.1 Å². The summed E-state index contributed by atoms with van der Waals surface area (Å²) in [4.78, 5) is 18.3. The van der Waals surface area contributed by atoms with Crippen LogP contribution in [0.15, 0.2) is 58.9 Å². The van der Waals surface area contributed by atoms with Gasteiger partial charge in [0.05, 0.1) is 19.8 Å². The first-order valence-electron chi connectivity index (χ1n) is 11.1. The summed E-state index contributed by atoms with van der Waals surface area (Å²) in [6.07, 6.45) is 1.01. The van der Waals surface area contributed by atoms with Crippen LogP contribution < -0.4 is 20.1 Å². The highest BCUT2D eigenvalue weighted by Gasteiger charge is 2.36. The van der Waals surface area contributed by atoms with Crippen molar-refractivity contribution in [3.63, 3.8) is 0 Å². The van der Waals surface area contributed by atoms with Gasteiger partial charge in [-0.2, -0.15) is 4.98 Å². The number of nitrogens with one attached hydrogen (secondary N) is 2. The molecule has 0 radical (unpaired) electrons. The van der Waals surface area contributed by atoms with E-state index >= 15 is 0 Å². The topological polar surface area (TPSA) is 90.3 Å². The van der Waals surface area contributed by atoms with Crippen molar-refractivity contribution < 1.29 is 14.3 Å². The molecule has 0 spiro atoms. The van der Waals surface area contributed by atoms with Gasteiger partial charge in [-0.05, 0) is 50.6 Å². The van der Waals surface area contributed by atoms with Crippen molar-refractivity contribution in [1.29, 1.82) is 0 Å². The molecule has 1 aliphatic heterocycles. The fraction of sp³-hybridized carbons (Fsp3) is 0.320. The summed E-state index contributed by atoms with van der Waals surface area (Å²) in [5.41, 5.74) is 3.82. The maximum atomic E-state index is 13.6. The zero-order chi connectivity index (χ0) is 24.2. The van der Waals surface area contributed by atoms with E-state index < -0.39 is 6.04 Å². The summed E-state index contributed by atoms with van der Waals surface area (Å²) >= 11 is 1.59. The summed E-state index contributed by atoms with van der Waals surface area (Å²) in [5, 5.41) is 11.7. The first kappa shape index (κ1) is 23.7. The van der Waals surface area contributed by atoms with Gasteiger partial charge in [-0.25, -0.2) is 4.68 Å². The number of fused-ring (bicyclic) bond motifs is 1. The minimum absolute atomic E-state index is 0.229. The molecule has 9 heteroatoms. The van der Waals surface area contributed by atoms with E-state index in [1.54, 1.807) is 30.7 Å².